The summed E-state index contributed by atoms with van der Waals surface area (Å²) in [6.45, 7) is 0.523. The molecule has 0 fully saturated rings. The lowest BCUT2D eigenvalue weighted by molar-refractivity contribution is -0.147. The quantitative estimate of drug-likeness (QED) is 0.292. The van der Waals surface area contributed by atoms with E-state index in [4.69, 9.17) is 25.5 Å². The van der Waals surface area contributed by atoms with E-state index in [9.17, 15) is 14.4 Å². The maximum absolute atomic E-state index is 10.9. The Morgan fingerprint density at radius 2 is 1.78 bits per heavy atom. The van der Waals surface area contributed by atoms with E-state index < -0.39 is 47.6 Å². The minimum atomic E-state index is -1.42. The van der Waals surface area contributed by atoms with Crippen LogP contribution in [-0.4, -0.2) is 60.3 Å². The molecule has 1 aromatic rings. The second-order valence-corrected chi connectivity index (χ2v) is 4.48. The number of ether oxygens (including phenoxy) is 1. The SMILES string of the molecule is Cc1[nH]c(=O)[nH]c(=O)c1CO.O=C1OC(C(O)CO)C(O)=C1O. The Balaban J connectivity index is 0.000000231. The van der Waals surface area contributed by atoms with Crippen molar-refractivity contribution >= 4 is 5.97 Å². The Kier molecular flexibility index (Phi) is 6.07. The van der Waals surface area contributed by atoms with E-state index >= 15 is 0 Å². The van der Waals surface area contributed by atoms with Crippen LogP contribution < -0.4 is 11.2 Å². The van der Waals surface area contributed by atoms with Crippen LogP contribution >= 0.6 is 0 Å². The molecule has 0 radical (unpaired) electrons. The zero-order valence-electron chi connectivity index (χ0n) is 11.9. The molecule has 1 aliphatic rings. The molecular weight excluding hydrogens is 316 g/mol. The molecule has 11 heteroatoms. The van der Waals surface area contributed by atoms with Crippen LogP contribution in [0, 0.1) is 6.92 Å². The Labute approximate surface area is 128 Å². The topological polar surface area (TPSA) is 193 Å². The third-order valence-corrected chi connectivity index (χ3v) is 2.89. The van der Waals surface area contributed by atoms with E-state index in [0.717, 1.165) is 0 Å². The highest BCUT2D eigenvalue weighted by Gasteiger charge is 2.38. The van der Waals surface area contributed by atoms with Gasteiger partial charge in [-0.15, -0.1) is 0 Å². The molecule has 128 valence electrons. The van der Waals surface area contributed by atoms with Gasteiger partial charge in [-0.05, 0) is 6.92 Å². The summed E-state index contributed by atoms with van der Waals surface area (Å²) < 4.78 is 4.32. The van der Waals surface area contributed by atoms with Crippen LogP contribution in [0.4, 0.5) is 0 Å². The van der Waals surface area contributed by atoms with Gasteiger partial charge < -0.3 is 35.3 Å². The number of aliphatic hydroxyl groups excluding tert-OH is 5. The van der Waals surface area contributed by atoms with Crippen LogP contribution in [-0.2, 0) is 16.1 Å². The molecule has 0 saturated heterocycles. The molecule has 2 unspecified atom stereocenters. The predicted molar refractivity (Wildman–Crippen MR) is 73.6 cm³/mol. The minimum absolute atomic E-state index is 0.199. The van der Waals surface area contributed by atoms with Crippen molar-refractivity contribution in [2.45, 2.75) is 25.7 Å². The Hall–Kier alpha value is -2.63. The zero-order valence-corrected chi connectivity index (χ0v) is 11.9. The standard InChI is InChI=1S/C6H8N2O3.C6H8O6/c1-3-4(2-9)5(10)8-6(11)7-3;7-1-2(8)5-3(9)4(10)6(11)12-5/h9H,2H2,1H3,(H2,7,8,10,11);2,5,7-10H,1H2. The largest absolute Gasteiger partial charge is 0.505 e. The van der Waals surface area contributed by atoms with Crippen molar-refractivity contribution in [3.8, 4) is 0 Å². The molecule has 0 saturated carbocycles. The van der Waals surface area contributed by atoms with Gasteiger partial charge in [-0.25, -0.2) is 9.59 Å². The number of aromatic nitrogens is 2. The monoisotopic (exact) mass is 332 g/mol. The number of aliphatic hydroxyl groups is 5. The molecule has 7 N–H and O–H groups in total. The van der Waals surface area contributed by atoms with Crippen molar-refractivity contribution in [3.05, 3.63) is 43.6 Å². The number of carbonyl (C=O) groups is 1. The van der Waals surface area contributed by atoms with Crippen molar-refractivity contribution in [1.29, 1.82) is 0 Å². The average molecular weight is 332 g/mol. The van der Waals surface area contributed by atoms with Crippen LogP contribution in [0.25, 0.3) is 0 Å². The third-order valence-electron chi connectivity index (χ3n) is 2.89. The molecule has 1 aromatic heterocycles. The highest BCUT2D eigenvalue weighted by molar-refractivity contribution is 5.89. The number of H-pyrrole nitrogens is 2. The Bertz CT molecular complexity index is 718. The Morgan fingerprint density at radius 3 is 2.17 bits per heavy atom. The molecule has 2 atom stereocenters. The molecule has 0 amide bonds. The van der Waals surface area contributed by atoms with Crippen LogP contribution in [0.1, 0.15) is 11.3 Å². The highest BCUT2D eigenvalue weighted by atomic mass is 16.6. The fourth-order valence-corrected chi connectivity index (χ4v) is 1.64. The van der Waals surface area contributed by atoms with Gasteiger partial charge in [0.15, 0.2) is 11.9 Å². The molecule has 2 rings (SSSR count). The van der Waals surface area contributed by atoms with Crippen molar-refractivity contribution in [2.24, 2.45) is 0 Å². The first-order chi connectivity index (χ1) is 10.7. The molecule has 11 nitrogen and oxygen atoms in total. The second-order valence-electron chi connectivity index (χ2n) is 4.48. The molecule has 0 aromatic carbocycles. The summed E-state index contributed by atoms with van der Waals surface area (Å²) in [5, 5.41) is 43.7. The van der Waals surface area contributed by atoms with Gasteiger partial charge in [0.25, 0.3) is 5.56 Å². The number of rotatable bonds is 3. The fourth-order valence-electron chi connectivity index (χ4n) is 1.64. The molecule has 0 aliphatic carbocycles. The van der Waals surface area contributed by atoms with Gasteiger partial charge >= 0.3 is 11.7 Å². The summed E-state index contributed by atoms with van der Waals surface area (Å²) in [6.07, 6.45) is -2.78. The van der Waals surface area contributed by atoms with E-state index in [1.807, 2.05) is 4.98 Å². The van der Waals surface area contributed by atoms with Gasteiger partial charge in [0, 0.05) is 5.69 Å². The van der Waals surface area contributed by atoms with Crippen LogP contribution in [0.2, 0.25) is 0 Å². The third kappa shape index (κ3) is 4.18. The number of esters is 1. The van der Waals surface area contributed by atoms with Crippen molar-refractivity contribution in [2.75, 3.05) is 6.61 Å². The molecule has 0 spiro atoms. The normalized spacial score (nSPS) is 18.3. The summed E-state index contributed by atoms with van der Waals surface area (Å²) in [6, 6.07) is 0. The summed E-state index contributed by atoms with van der Waals surface area (Å²) in [5.74, 6) is -2.78. The highest BCUT2D eigenvalue weighted by Crippen LogP contribution is 2.20. The van der Waals surface area contributed by atoms with Gasteiger partial charge in [-0.1, -0.05) is 0 Å². The summed E-state index contributed by atoms with van der Waals surface area (Å²) >= 11 is 0. The smallest absolute Gasteiger partial charge is 0.377 e. The van der Waals surface area contributed by atoms with E-state index in [1.54, 1.807) is 6.92 Å². The number of aryl methyl sites for hydroxylation is 1. The van der Waals surface area contributed by atoms with Crippen LogP contribution in [0.3, 0.4) is 0 Å². The van der Waals surface area contributed by atoms with Gasteiger partial charge in [0.1, 0.15) is 6.10 Å². The zero-order chi connectivity index (χ0) is 17.7. The van der Waals surface area contributed by atoms with Crippen LogP contribution in [0.15, 0.2) is 21.1 Å². The van der Waals surface area contributed by atoms with Crippen LogP contribution in [0.5, 0.6) is 0 Å². The van der Waals surface area contributed by atoms with Gasteiger partial charge in [0.05, 0.1) is 18.8 Å². The van der Waals surface area contributed by atoms with E-state index in [2.05, 4.69) is 9.72 Å². The van der Waals surface area contributed by atoms with E-state index in [-0.39, 0.29) is 12.2 Å². The number of carbonyl (C=O) groups excluding carboxylic acids is 1. The first-order valence-corrected chi connectivity index (χ1v) is 6.27. The molecular formula is C12H16N2O9. The first-order valence-electron chi connectivity index (χ1n) is 6.27. The first kappa shape index (κ1) is 18.4. The molecule has 1 aliphatic heterocycles. The number of hydrogen-bond acceptors (Lipinski definition) is 9. The second kappa shape index (κ2) is 7.58. The number of cyclic esters (lactones) is 1. The molecule has 0 bridgehead atoms. The van der Waals surface area contributed by atoms with Crippen molar-refractivity contribution < 1.29 is 35.1 Å². The summed E-state index contributed by atoms with van der Waals surface area (Å²) in [7, 11) is 0. The maximum Gasteiger partial charge on any atom is 0.377 e. The fraction of sp³-hybridized carbons (Fsp3) is 0.417. The minimum Gasteiger partial charge on any atom is -0.505 e. The van der Waals surface area contributed by atoms with E-state index in [1.165, 1.54) is 0 Å². The maximum atomic E-state index is 10.9. The summed E-state index contributed by atoms with van der Waals surface area (Å²) in [4.78, 5) is 36.3. The molecule has 2 heterocycles. The Morgan fingerprint density at radius 1 is 1.17 bits per heavy atom. The van der Waals surface area contributed by atoms with Gasteiger partial charge in [-0.2, -0.15) is 0 Å². The average Bonchev–Trinajstić information content (AvgIpc) is 2.74. The predicted octanol–water partition coefficient (Wildman–Crippen LogP) is -2.54. The lowest BCUT2D eigenvalue weighted by Gasteiger charge is -2.13. The molecule has 23 heavy (non-hydrogen) atoms. The lowest BCUT2D eigenvalue weighted by atomic mass is 10.2. The van der Waals surface area contributed by atoms with Crippen molar-refractivity contribution in [1.82, 2.24) is 9.97 Å². The van der Waals surface area contributed by atoms with Crippen molar-refractivity contribution in [3.63, 3.8) is 0 Å². The lowest BCUT2D eigenvalue weighted by Crippen LogP contribution is -2.31. The number of aromatic amines is 2. The van der Waals surface area contributed by atoms with E-state index in [0.29, 0.717) is 5.69 Å². The summed E-state index contributed by atoms with van der Waals surface area (Å²) in [5.41, 5.74) is -0.482. The number of nitrogens with one attached hydrogen (secondary N) is 2. The number of hydrogen-bond donors (Lipinski definition) is 7. The van der Waals surface area contributed by atoms with Gasteiger partial charge in [-0.3, -0.25) is 9.78 Å². The van der Waals surface area contributed by atoms with Gasteiger partial charge in [0.2, 0.25) is 5.76 Å².